The lowest BCUT2D eigenvalue weighted by atomic mass is 10.2. The van der Waals surface area contributed by atoms with E-state index >= 15 is 0 Å². The maximum absolute atomic E-state index is 4.07. The van der Waals surface area contributed by atoms with E-state index < -0.39 is 0 Å². The average Bonchev–Trinajstić information content (AvgIpc) is 2.74. The Morgan fingerprint density at radius 2 is 2.53 bits per heavy atom. The van der Waals surface area contributed by atoms with Gasteiger partial charge in [-0.3, -0.25) is 5.10 Å². The van der Waals surface area contributed by atoms with E-state index in [1.807, 2.05) is 6.08 Å². The number of nitrogens with zero attached hydrogens (tertiary/aromatic N) is 2. The Morgan fingerprint density at radius 1 is 1.67 bits per heavy atom. The van der Waals surface area contributed by atoms with Crippen LogP contribution in [-0.2, 0) is 6.42 Å². The van der Waals surface area contributed by atoms with Crippen LogP contribution in [0.1, 0.15) is 32.0 Å². The summed E-state index contributed by atoms with van der Waals surface area (Å²) in [6, 6.07) is 0.567. The molecule has 1 aromatic heterocycles. The molecule has 4 heteroatoms. The molecule has 1 rings (SSSR count). The average molecular weight is 208 g/mol. The van der Waals surface area contributed by atoms with E-state index in [1.165, 1.54) is 0 Å². The van der Waals surface area contributed by atoms with Crippen molar-refractivity contribution >= 4 is 0 Å². The number of rotatable bonds is 8. The fourth-order valence-electron chi connectivity index (χ4n) is 1.43. The first-order valence-corrected chi connectivity index (χ1v) is 5.51. The van der Waals surface area contributed by atoms with Crippen molar-refractivity contribution in [2.24, 2.45) is 0 Å². The van der Waals surface area contributed by atoms with Crippen LogP contribution in [0.15, 0.2) is 19.0 Å². The van der Waals surface area contributed by atoms with Gasteiger partial charge in [-0.1, -0.05) is 6.08 Å². The predicted octanol–water partition coefficient (Wildman–Crippen LogP) is 1.68. The van der Waals surface area contributed by atoms with Crippen LogP contribution in [0.3, 0.4) is 0 Å². The highest BCUT2D eigenvalue weighted by molar-refractivity contribution is 4.80. The molecule has 0 aliphatic carbocycles. The third-order valence-electron chi connectivity index (χ3n) is 2.35. The van der Waals surface area contributed by atoms with Crippen molar-refractivity contribution in [2.75, 3.05) is 6.54 Å². The van der Waals surface area contributed by atoms with Gasteiger partial charge >= 0.3 is 0 Å². The van der Waals surface area contributed by atoms with Gasteiger partial charge < -0.3 is 5.32 Å². The fraction of sp³-hybridized carbons (Fsp3) is 0.636. The topological polar surface area (TPSA) is 53.6 Å². The molecule has 0 amide bonds. The monoisotopic (exact) mass is 208 g/mol. The molecule has 0 aromatic carbocycles. The fourth-order valence-corrected chi connectivity index (χ4v) is 1.43. The number of allylic oxidation sites excluding steroid dienone is 1. The molecule has 0 saturated heterocycles. The van der Waals surface area contributed by atoms with Crippen LogP contribution in [0.5, 0.6) is 0 Å². The van der Waals surface area contributed by atoms with Crippen LogP contribution in [0.2, 0.25) is 0 Å². The van der Waals surface area contributed by atoms with Crippen molar-refractivity contribution < 1.29 is 0 Å². The van der Waals surface area contributed by atoms with E-state index in [0.717, 1.165) is 38.1 Å². The van der Waals surface area contributed by atoms with Gasteiger partial charge in [-0.2, -0.15) is 5.10 Å². The van der Waals surface area contributed by atoms with E-state index in [4.69, 9.17) is 0 Å². The third kappa shape index (κ3) is 5.32. The van der Waals surface area contributed by atoms with Gasteiger partial charge in [0.1, 0.15) is 12.2 Å². The zero-order chi connectivity index (χ0) is 10.9. The maximum Gasteiger partial charge on any atom is 0.137 e. The largest absolute Gasteiger partial charge is 0.314 e. The van der Waals surface area contributed by atoms with Crippen molar-refractivity contribution in [3.8, 4) is 0 Å². The zero-order valence-electron chi connectivity index (χ0n) is 9.37. The van der Waals surface area contributed by atoms with Crippen LogP contribution in [-0.4, -0.2) is 27.8 Å². The lowest BCUT2D eigenvalue weighted by Gasteiger charge is -2.11. The molecule has 0 radical (unpaired) electrons. The SMILES string of the molecule is C=CCCC(C)NCCCc1ncn[nH]1. The number of aryl methyl sites for hydroxylation is 1. The Bertz CT molecular complexity index is 256. The summed E-state index contributed by atoms with van der Waals surface area (Å²) in [5.41, 5.74) is 0. The molecule has 0 bridgehead atoms. The second-order valence-electron chi connectivity index (χ2n) is 3.76. The van der Waals surface area contributed by atoms with Crippen molar-refractivity contribution in [3.05, 3.63) is 24.8 Å². The Hall–Kier alpha value is -1.16. The number of aromatic amines is 1. The molecule has 0 fully saturated rings. The molecular weight excluding hydrogens is 188 g/mol. The standard InChI is InChI=1S/C11H20N4/c1-3-4-6-10(2)12-8-5-7-11-13-9-14-15-11/h3,9-10,12H,1,4-8H2,2H3,(H,13,14,15). The van der Waals surface area contributed by atoms with E-state index in [0.29, 0.717) is 6.04 Å². The van der Waals surface area contributed by atoms with Gasteiger partial charge in [-0.05, 0) is 32.7 Å². The second-order valence-corrected chi connectivity index (χ2v) is 3.76. The van der Waals surface area contributed by atoms with Gasteiger partial charge in [0.05, 0.1) is 0 Å². The lowest BCUT2D eigenvalue weighted by molar-refractivity contribution is 0.508. The van der Waals surface area contributed by atoms with E-state index in [9.17, 15) is 0 Å². The second kappa shape index (κ2) is 7.17. The van der Waals surface area contributed by atoms with Crippen molar-refractivity contribution in [1.29, 1.82) is 0 Å². The van der Waals surface area contributed by atoms with E-state index in [2.05, 4.69) is 34.0 Å². The minimum absolute atomic E-state index is 0.567. The van der Waals surface area contributed by atoms with Crippen molar-refractivity contribution in [3.63, 3.8) is 0 Å². The summed E-state index contributed by atoms with van der Waals surface area (Å²) in [7, 11) is 0. The van der Waals surface area contributed by atoms with Crippen LogP contribution >= 0.6 is 0 Å². The van der Waals surface area contributed by atoms with Gasteiger partial charge in [0.25, 0.3) is 0 Å². The first-order chi connectivity index (χ1) is 7.33. The smallest absolute Gasteiger partial charge is 0.137 e. The highest BCUT2D eigenvalue weighted by Crippen LogP contribution is 1.97. The summed E-state index contributed by atoms with van der Waals surface area (Å²) in [5.74, 6) is 0.968. The quantitative estimate of drug-likeness (QED) is 0.505. The molecule has 0 saturated carbocycles. The molecule has 15 heavy (non-hydrogen) atoms. The van der Waals surface area contributed by atoms with Crippen LogP contribution in [0.25, 0.3) is 0 Å². The number of H-pyrrole nitrogens is 1. The Morgan fingerprint density at radius 3 is 3.20 bits per heavy atom. The first-order valence-electron chi connectivity index (χ1n) is 5.51. The summed E-state index contributed by atoms with van der Waals surface area (Å²) >= 11 is 0. The number of nitrogens with one attached hydrogen (secondary N) is 2. The Balaban J connectivity index is 1.99. The minimum atomic E-state index is 0.567. The highest BCUT2D eigenvalue weighted by atomic mass is 15.2. The van der Waals surface area contributed by atoms with Gasteiger partial charge in [-0.25, -0.2) is 4.98 Å². The van der Waals surface area contributed by atoms with Crippen LogP contribution in [0, 0.1) is 0 Å². The molecule has 84 valence electrons. The van der Waals surface area contributed by atoms with E-state index in [-0.39, 0.29) is 0 Å². The molecule has 0 spiro atoms. The van der Waals surface area contributed by atoms with Gasteiger partial charge in [0.2, 0.25) is 0 Å². The molecule has 1 aromatic rings. The predicted molar refractivity (Wildman–Crippen MR) is 61.6 cm³/mol. The number of aromatic nitrogens is 3. The molecule has 0 aliphatic rings. The molecule has 4 nitrogen and oxygen atoms in total. The van der Waals surface area contributed by atoms with E-state index in [1.54, 1.807) is 6.33 Å². The zero-order valence-corrected chi connectivity index (χ0v) is 9.37. The summed E-state index contributed by atoms with van der Waals surface area (Å²) in [6.07, 6.45) is 7.80. The third-order valence-corrected chi connectivity index (χ3v) is 2.35. The number of hydrogen-bond acceptors (Lipinski definition) is 3. The van der Waals surface area contributed by atoms with Gasteiger partial charge in [0, 0.05) is 12.5 Å². The number of hydrogen-bond donors (Lipinski definition) is 2. The van der Waals surface area contributed by atoms with Gasteiger partial charge in [-0.15, -0.1) is 6.58 Å². The van der Waals surface area contributed by atoms with Gasteiger partial charge in [0.15, 0.2) is 0 Å². The van der Waals surface area contributed by atoms with Crippen LogP contribution in [0.4, 0.5) is 0 Å². The normalized spacial score (nSPS) is 12.6. The first kappa shape index (κ1) is 11.9. The minimum Gasteiger partial charge on any atom is -0.314 e. The highest BCUT2D eigenvalue weighted by Gasteiger charge is 2.00. The maximum atomic E-state index is 4.07. The summed E-state index contributed by atoms with van der Waals surface area (Å²) < 4.78 is 0. The molecule has 1 unspecified atom stereocenters. The molecule has 2 N–H and O–H groups in total. The summed E-state index contributed by atoms with van der Waals surface area (Å²) in [6.45, 7) is 6.95. The Labute approximate surface area is 91.2 Å². The summed E-state index contributed by atoms with van der Waals surface area (Å²) in [5, 5.41) is 10.1. The molecule has 1 heterocycles. The van der Waals surface area contributed by atoms with Crippen molar-refractivity contribution in [2.45, 2.75) is 38.6 Å². The van der Waals surface area contributed by atoms with Crippen LogP contribution < -0.4 is 5.32 Å². The molecule has 0 aliphatic heterocycles. The molecule has 1 atom stereocenters. The Kier molecular flexibility index (Phi) is 5.70. The lowest BCUT2D eigenvalue weighted by Crippen LogP contribution is -2.27. The molecular formula is C11H20N4. The summed E-state index contributed by atoms with van der Waals surface area (Å²) in [4.78, 5) is 4.07. The van der Waals surface area contributed by atoms with Crippen molar-refractivity contribution in [1.82, 2.24) is 20.5 Å².